The number of quaternary nitrogens is 1. The summed E-state index contributed by atoms with van der Waals surface area (Å²) in [5.41, 5.74) is 0. The van der Waals surface area contributed by atoms with Gasteiger partial charge in [0, 0.05) is 6.42 Å². The predicted molar refractivity (Wildman–Crippen MR) is 131 cm³/mol. The molecule has 0 bridgehead atoms. The molecule has 0 aromatic rings. The van der Waals surface area contributed by atoms with E-state index in [9.17, 15) is 29.7 Å². The van der Waals surface area contributed by atoms with E-state index in [1.54, 1.807) is 20.8 Å². The molecule has 0 amide bonds. The summed E-state index contributed by atoms with van der Waals surface area (Å²) in [5, 5.41) is 28.4. The van der Waals surface area contributed by atoms with E-state index < -0.39 is 35.7 Å². The fraction of sp³-hybridized carbons (Fsp3) is 0.808. The van der Waals surface area contributed by atoms with E-state index in [-0.39, 0.29) is 24.1 Å². The Morgan fingerprint density at radius 3 is 1.39 bits per heavy atom. The number of hydrogen-bond acceptors (Lipinski definition) is 3. The summed E-state index contributed by atoms with van der Waals surface area (Å²) in [6, 6.07) is 0. The number of carbonyl (C=O) groups is 3. The van der Waals surface area contributed by atoms with Crippen molar-refractivity contribution in [2.24, 2.45) is 17.8 Å². The SMILES string of the molecule is CCCCCCCCC/C=C/CCC[N+](CC(C)C(=O)O)(CC(C)C(=O)O)CC(C)C(=O)O. The Morgan fingerprint density at radius 2 is 1.00 bits per heavy atom. The average molecular weight is 471 g/mol. The van der Waals surface area contributed by atoms with E-state index in [4.69, 9.17) is 0 Å². The summed E-state index contributed by atoms with van der Waals surface area (Å²) >= 11 is 0. The van der Waals surface area contributed by atoms with Gasteiger partial charge in [-0.15, -0.1) is 0 Å². The summed E-state index contributed by atoms with van der Waals surface area (Å²) in [7, 11) is 0. The van der Waals surface area contributed by atoms with Crippen LogP contribution in [0.4, 0.5) is 0 Å². The fourth-order valence-electron chi connectivity index (χ4n) is 4.47. The Labute approximate surface area is 200 Å². The van der Waals surface area contributed by atoms with Crippen LogP contribution in [0.3, 0.4) is 0 Å². The van der Waals surface area contributed by atoms with Gasteiger partial charge in [-0.05, 0) is 40.0 Å². The maximum absolute atomic E-state index is 11.5. The minimum Gasteiger partial charge on any atom is -0.481 e. The number of unbranched alkanes of at least 4 members (excludes halogenated alkanes) is 8. The van der Waals surface area contributed by atoms with Gasteiger partial charge in [0.2, 0.25) is 0 Å². The molecule has 3 atom stereocenters. The van der Waals surface area contributed by atoms with E-state index in [2.05, 4.69) is 19.1 Å². The zero-order valence-electron chi connectivity index (χ0n) is 21.3. The molecule has 0 aromatic carbocycles. The number of carboxylic acid groups (broad SMARTS) is 3. The van der Waals surface area contributed by atoms with Crippen molar-refractivity contribution >= 4 is 17.9 Å². The third-order valence-electron chi connectivity index (χ3n) is 6.39. The van der Waals surface area contributed by atoms with Gasteiger partial charge < -0.3 is 19.8 Å². The zero-order chi connectivity index (χ0) is 25.3. The second-order valence-corrected chi connectivity index (χ2v) is 9.85. The van der Waals surface area contributed by atoms with Gasteiger partial charge in [0.1, 0.15) is 17.8 Å². The maximum atomic E-state index is 11.5. The molecule has 0 saturated carbocycles. The molecule has 0 aliphatic heterocycles. The highest BCUT2D eigenvalue weighted by atomic mass is 16.4. The Bertz CT molecular complexity index is 549. The molecule has 7 heteroatoms. The smallest absolute Gasteiger partial charge is 0.311 e. The van der Waals surface area contributed by atoms with E-state index in [1.165, 1.54) is 44.9 Å². The van der Waals surface area contributed by atoms with E-state index in [0.29, 0.717) is 6.54 Å². The molecular formula is C26H48NO6+. The molecule has 0 heterocycles. The van der Waals surface area contributed by atoms with E-state index in [0.717, 1.165) is 19.3 Å². The van der Waals surface area contributed by atoms with Crippen LogP contribution in [0.1, 0.15) is 91.9 Å². The molecule has 0 rings (SSSR count). The van der Waals surface area contributed by atoms with Gasteiger partial charge in [0.05, 0.1) is 26.2 Å². The van der Waals surface area contributed by atoms with Crippen molar-refractivity contribution in [3.05, 3.63) is 12.2 Å². The number of nitrogens with zero attached hydrogens (tertiary/aromatic N) is 1. The highest BCUT2D eigenvalue weighted by Gasteiger charge is 2.37. The maximum Gasteiger partial charge on any atom is 0.311 e. The van der Waals surface area contributed by atoms with Crippen molar-refractivity contribution in [3.8, 4) is 0 Å². The molecule has 192 valence electrons. The summed E-state index contributed by atoms with van der Waals surface area (Å²) in [5.74, 6) is -4.88. The lowest BCUT2D eigenvalue weighted by Gasteiger charge is -2.42. The molecule has 3 unspecified atom stereocenters. The summed E-state index contributed by atoms with van der Waals surface area (Å²) in [6.45, 7) is 8.29. The first-order valence-corrected chi connectivity index (χ1v) is 12.7. The second kappa shape index (κ2) is 17.6. The molecule has 0 saturated heterocycles. The number of aliphatic carboxylic acids is 3. The molecule has 0 aliphatic carbocycles. The Kier molecular flexibility index (Phi) is 16.6. The van der Waals surface area contributed by atoms with Crippen molar-refractivity contribution in [3.63, 3.8) is 0 Å². The number of hydrogen-bond donors (Lipinski definition) is 3. The molecule has 0 radical (unpaired) electrons. The van der Waals surface area contributed by atoms with Crippen LogP contribution in [0.2, 0.25) is 0 Å². The third-order valence-corrected chi connectivity index (χ3v) is 6.39. The summed E-state index contributed by atoms with van der Waals surface area (Å²) in [4.78, 5) is 34.6. The fourth-order valence-corrected chi connectivity index (χ4v) is 4.47. The number of allylic oxidation sites excluding steroid dienone is 2. The van der Waals surface area contributed by atoms with E-state index >= 15 is 0 Å². The lowest BCUT2D eigenvalue weighted by molar-refractivity contribution is -0.934. The Hall–Kier alpha value is -1.89. The number of rotatable bonds is 21. The van der Waals surface area contributed by atoms with Crippen molar-refractivity contribution in [2.75, 3.05) is 26.2 Å². The monoisotopic (exact) mass is 470 g/mol. The van der Waals surface area contributed by atoms with Crippen molar-refractivity contribution in [1.82, 2.24) is 0 Å². The molecule has 0 fully saturated rings. The first kappa shape index (κ1) is 31.1. The van der Waals surface area contributed by atoms with Crippen LogP contribution in [0.25, 0.3) is 0 Å². The molecule has 7 nitrogen and oxygen atoms in total. The minimum atomic E-state index is -0.946. The van der Waals surface area contributed by atoms with Crippen molar-refractivity contribution < 1.29 is 34.2 Å². The Balaban J connectivity index is 4.93. The van der Waals surface area contributed by atoms with Crippen LogP contribution in [-0.4, -0.2) is 63.9 Å². The minimum absolute atomic E-state index is 0.194. The summed E-state index contributed by atoms with van der Waals surface area (Å²) in [6.07, 6.45) is 15.9. The van der Waals surface area contributed by atoms with Gasteiger partial charge in [-0.25, -0.2) is 0 Å². The lowest BCUT2D eigenvalue weighted by Crippen LogP contribution is -2.57. The predicted octanol–water partition coefficient (Wildman–Crippen LogP) is 5.44. The summed E-state index contributed by atoms with van der Waals surface area (Å²) < 4.78 is 0.194. The highest BCUT2D eigenvalue weighted by molar-refractivity contribution is 5.70. The first-order chi connectivity index (χ1) is 15.5. The molecule has 0 aromatic heterocycles. The number of carboxylic acids is 3. The van der Waals surface area contributed by atoms with Gasteiger partial charge >= 0.3 is 17.9 Å². The third kappa shape index (κ3) is 14.8. The standard InChI is InChI=1S/C26H47NO6/c1-5-6-7-8-9-10-11-12-13-14-15-16-17-27(18-21(2)24(28)29,19-22(3)25(30)31)20-23(4)26(32)33/h13-14,21-23H,5-12,15-20H2,1-4H3,(H2-,28,29,30,31,32,33)/p+1/b14-13+. The van der Waals surface area contributed by atoms with E-state index in [1.807, 2.05) is 0 Å². The van der Waals surface area contributed by atoms with Gasteiger partial charge in [0.15, 0.2) is 0 Å². The van der Waals surface area contributed by atoms with Crippen molar-refractivity contribution in [2.45, 2.75) is 91.9 Å². The topological polar surface area (TPSA) is 112 Å². The largest absolute Gasteiger partial charge is 0.481 e. The molecule has 3 N–H and O–H groups in total. The van der Waals surface area contributed by atoms with Crippen molar-refractivity contribution in [1.29, 1.82) is 0 Å². The average Bonchev–Trinajstić information content (AvgIpc) is 2.74. The van der Waals surface area contributed by atoms with Crippen LogP contribution < -0.4 is 0 Å². The molecular weight excluding hydrogens is 422 g/mol. The van der Waals surface area contributed by atoms with Gasteiger partial charge in [-0.1, -0.05) is 57.6 Å². The van der Waals surface area contributed by atoms with Gasteiger partial charge in [-0.2, -0.15) is 0 Å². The molecule has 33 heavy (non-hydrogen) atoms. The first-order valence-electron chi connectivity index (χ1n) is 12.7. The van der Waals surface area contributed by atoms with Crippen LogP contribution in [0.15, 0.2) is 12.2 Å². The van der Waals surface area contributed by atoms with Gasteiger partial charge in [-0.3, -0.25) is 14.4 Å². The quantitative estimate of drug-likeness (QED) is 0.117. The Morgan fingerprint density at radius 1 is 0.636 bits per heavy atom. The van der Waals surface area contributed by atoms with Crippen LogP contribution in [-0.2, 0) is 14.4 Å². The van der Waals surface area contributed by atoms with Crippen LogP contribution in [0.5, 0.6) is 0 Å². The van der Waals surface area contributed by atoms with Crippen LogP contribution >= 0.6 is 0 Å². The zero-order valence-corrected chi connectivity index (χ0v) is 21.3. The normalized spacial score (nSPS) is 16.2. The molecule has 0 spiro atoms. The lowest BCUT2D eigenvalue weighted by atomic mass is 10.0. The molecule has 0 aliphatic rings. The van der Waals surface area contributed by atoms with Gasteiger partial charge in [0.25, 0.3) is 0 Å². The van der Waals surface area contributed by atoms with Crippen LogP contribution in [0, 0.1) is 17.8 Å². The highest BCUT2D eigenvalue weighted by Crippen LogP contribution is 2.21. The second-order valence-electron chi connectivity index (χ2n) is 9.85.